The third-order valence-electron chi connectivity index (χ3n) is 4.19. The molecular weight excluding hydrogens is 254 g/mol. The minimum Gasteiger partial charge on any atom is -0.369 e. The van der Waals surface area contributed by atoms with Crippen molar-refractivity contribution in [1.29, 1.82) is 0 Å². The largest absolute Gasteiger partial charge is 0.369 e. The van der Waals surface area contributed by atoms with Gasteiger partial charge in [-0.15, -0.1) is 11.3 Å². The molecule has 2 nitrogen and oxygen atoms in total. The molecule has 1 saturated heterocycles. The quantitative estimate of drug-likeness (QED) is 0.894. The third kappa shape index (κ3) is 3.04. The molecule has 1 aromatic rings. The molecule has 2 heterocycles. The highest BCUT2D eigenvalue weighted by molar-refractivity contribution is 7.12. The highest BCUT2D eigenvalue weighted by Gasteiger charge is 2.49. The first kappa shape index (κ1) is 15.0. The Hall–Kier alpha value is -0.380. The van der Waals surface area contributed by atoms with Crippen molar-refractivity contribution in [1.82, 2.24) is 5.32 Å². The summed E-state index contributed by atoms with van der Waals surface area (Å²) in [5.74, 6) is 0.510. The van der Waals surface area contributed by atoms with Gasteiger partial charge in [-0.2, -0.15) is 0 Å². The zero-order valence-electron chi connectivity index (χ0n) is 13.0. The van der Waals surface area contributed by atoms with Gasteiger partial charge in [0.1, 0.15) is 0 Å². The van der Waals surface area contributed by atoms with E-state index in [4.69, 9.17) is 4.74 Å². The van der Waals surface area contributed by atoms with Crippen molar-refractivity contribution >= 4 is 11.3 Å². The van der Waals surface area contributed by atoms with Crippen LogP contribution in [0.15, 0.2) is 12.1 Å². The lowest BCUT2D eigenvalue weighted by Crippen LogP contribution is -2.36. The van der Waals surface area contributed by atoms with Crippen molar-refractivity contribution in [2.24, 2.45) is 5.92 Å². The van der Waals surface area contributed by atoms with Crippen LogP contribution in [0.5, 0.6) is 0 Å². The number of rotatable bonds is 4. The number of hydrogen-bond acceptors (Lipinski definition) is 3. The fourth-order valence-corrected chi connectivity index (χ4v) is 4.55. The summed E-state index contributed by atoms with van der Waals surface area (Å²) in [5, 5.41) is 3.52. The lowest BCUT2D eigenvalue weighted by Gasteiger charge is -2.32. The molecule has 2 rings (SSSR count). The van der Waals surface area contributed by atoms with E-state index in [9.17, 15) is 0 Å². The second kappa shape index (κ2) is 5.19. The monoisotopic (exact) mass is 281 g/mol. The van der Waals surface area contributed by atoms with E-state index in [1.54, 1.807) is 0 Å². The van der Waals surface area contributed by atoms with Crippen molar-refractivity contribution in [2.75, 3.05) is 7.05 Å². The molecule has 108 valence electrons. The van der Waals surface area contributed by atoms with Crippen LogP contribution < -0.4 is 5.32 Å². The Morgan fingerprint density at radius 3 is 2.47 bits per heavy atom. The maximum absolute atomic E-state index is 6.25. The van der Waals surface area contributed by atoms with Gasteiger partial charge in [-0.05, 0) is 59.7 Å². The number of thiophene rings is 1. The predicted octanol–water partition coefficient (Wildman–Crippen LogP) is 4.16. The van der Waals surface area contributed by atoms with Gasteiger partial charge in [0.15, 0.2) is 0 Å². The molecule has 1 aromatic heterocycles. The second-order valence-electron chi connectivity index (χ2n) is 6.70. The van der Waals surface area contributed by atoms with Crippen LogP contribution in [0.1, 0.15) is 56.8 Å². The smallest absolute Gasteiger partial charge is 0.0681 e. The Labute approximate surface area is 121 Å². The molecule has 2 atom stereocenters. The van der Waals surface area contributed by atoms with Crippen LogP contribution in [-0.4, -0.2) is 18.2 Å². The number of ether oxygens (including phenoxy) is 1. The zero-order valence-corrected chi connectivity index (χ0v) is 13.9. The molecule has 1 aliphatic heterocycles. The average molecular weight is 281 g/mol. The van der Waals surface area contributed by atoms with Crippen molar-refractivity contribution in [3.63, 3.8) is 0 Å². The van der Waals surface area contributed by atoms with Gasteiger partial charge in [0.25, 0.3) is 0 Å². The van der Waals surface area contributed by atoms with Gasteiger partial charge >= 0.3 is 0 Å². The highest BCUT2D eigenvalue weighted by atomic mass is 32.1. The van der Waals surface area contributed by atoms with Crippen LogP contribution in [0.2, 0.25) is 0 Å². The topological polar surface area (TPSA) is 21.3 Å². The van der Waals surface area contributed by atoms with Gasteiger partial charge < -0.3 is 10.1 Å². The van der Waals surface area contributed by atoms with Gasteiger partial charge in [0.2, 0.25) is 0 Å². The Balaban J connectivity index is 2.27. The molecule has 2 unspecified atom stereocenters. The maximum atomic E-state index is 6.25. The van der Waals surface area contributed by atoms with E-state index in [-0.39, 0.29) is 11.2 Å². The molecule has 1 fully saturated rings. The summed E-state index contributed by atoms with van der Waals surface area (Å²) in [6.07, 6.45) is 2.22. The van der Waals surface area contributed by atoms with Crippen LogP contribution in [0, 0.1) is 5.92 Å². The van der Waals surface area contributed by atoms with Crippen molar-refractivity contribution in [3.05, 3.63) is 21.9 Å². The second-order valence-corrected chi connectivity index (χ2v) is 7.90. The van der Waals surface area contributed by atoms with E-state index in [0.29, 0.717) is 12.0 Å². The first-order valence-corrected chi connectivity index (χ1v) is 8.07. The average Bonchev–Trinajstić information content (AvgIpc) is 2.83. The van der Waals surface area contributed by atoms with E-state index in [0.717, 1.165) is 12.8 Å². The normalized spacial score (nSPS) is 26.5. The third-order valence-corrected chi connectivity index (χ3v) is 5.51. The molecule has 0 spiro atoms. The van der Waals surface area contributed by atoms with E-state index in [1.165, 1.54) is 9.75 Å². The first-order chi connectivity index (χ1) is 8.79. The molecular formula is C16H27NOS. The van der Waals surface area contributed by atoms with Crippen LogP contribution >= 0.6 is 11.3 Å². The standard InChI is InChI=1S/C16H27NOS/c1-7-11-8-9-13(19-11)14(17-6)12-10-15(2,3)18-16(12,4)5/h8-9,12,14,17H,7,10H2,1-6H3. The summed E-state index contributed by atoms with van der Waals surface area (Å²) in [7, 11) is 2.07. The molecule has 0 aliphatic carbocycles. The van der Waals surface area contributed by atoms with Gasteiger partial charge in [-0.3, -0.25) is 0 Å². The van der Waals surface area contributed by atoms with E-state index in [1.807, 2.05) is 11.3 Å². The zero-order chi connectivity index (χ0) is 14.3. The summed E-state index contributed by atoms with van der Waals surface area (Å²) in [4.78, 5) is 2.91. The molecule has 0 aromatic carbocycles. The summed E-state index contributed by atoms with van der Waals surface area (Å²) in [6.45, 7) is 11.1. The Kier molecular flexibility index (Phi) is 4.10. The Morgan fingerprint density at radius 1 is 1.37 bits per heavy atom. The minimum atomic E-state index is -0.0758. The maximum Gasteiger partial charge on any atom is 0.0681 e. The lowest BCUT2D eigenvalue weighted by atomic mass is 9.81. The first-order valence-electron chi connectivity index (χ1n) is 7.25. The molecule has 0 radical (unpaired) electrons. The van der Waals surface area contributed by atoms with Gasteiger partial charge in [0.05, 0.1) is 11.2 Å². The molecule has 1 N–H and O–H groups in total. The highest BCUT2D eigenvalue weighted by Crippen LogP contribution is 2.48. The fourth-order valence-electron chi connectivity index (χ4n) is 3.42. The molecule has 0 amide bonds. The van der Waals surface area contributed by atoms with Gasteiger partial charge in [0, 0.05) is 21.7 Å². The van der Waals surface area contributed by atoms with Crippen LogP contribution in [0.25, 0.3) is 0 Å². The van der Waals surface area contributed by atoms with Gasteiger partial charge in [-0.1, -0.05) is 6.92 Å². The van der Waals surface area contributed by atoms with Crippen molar-refractivity contribution in [3.8, 4) is 0 Å². The molecule has 0 saturated carbocycles. The number of nitrogens with one attached hydrogen (secondary N) is 1. The lowest BCUT2D eigenvalue weighted by molar-refractivity contribution is -0.0775. The summed E-state index contributed by atoms with van der Waals surface area (Å²) >= 11 is 1.94. The molecule has 3 heteroatoms. The summed E-state index contributed by atoms with van der Waals surface area (Å²) in [6, 6.07) is 4.94. The molecule has 1 aliphatic rings. The number of aryl methyl sites for hydroxylation is 1. The molecule has 0 bridgehead atoms. The summed E-state index contributed by atoms with van der Waals surface area (Å²) in [5.41, 5.74) is -0.0956. The molecule has 19 heavy (non-hydrogen) atoms. The van der Waals surface area contributed by atoms with Crippen molar-refractivity contribution < 1.29 is 4.74 Å². The fraction of sp³-hybridized carbons (Fsp3) is 0.750. The van der Waals surface area contributed by atoms with Crippen LogP contribution in [0.4, 0.5) is 0 Å². The predicted molar refractivity (Wildman–Crippen MR) is 82.8 cm³/mol. The SMILES string of the molecule is CCc1ccc(C(NC)C2CC(C)(C)OC2(C)C)s1. The summed E-state index contributed by atoms with van der Waals surface area (Å²) < 4.78 is 6.25. The van der Waals surface area contributed by atoms with Crippen molar-refractivity contribution in [2.45, 2.75) is 64.7 Å². The van der Waals surface area contributed by atoms with Gasteiger partial charge in [-0.25, -0.2) is 0 Å². The van der Waals surface area contributed by atoms with Crippen LogP contribution in [0.3, 0.4) is 0 Å². The Bertz CT molecular complexity index is 436. The number of hydrogen-bond donors (Lipinski definition) is 1. The minimum absolute atomic E-state index is 0.0197. The van der Waals surface area contributed by atoms with E-state index in [2.05, 4.69) is 59.1 Å². The Morgan fingerprint density at radius 2 is 2.05 bits per heavy atom. The van der Waals surface area contributed by atoms with E-state index >= 15 is 0 Å². The van der Waals surface area contributed by atoms with E-state index < -0.39 is 0 Å². The van der Waals surface area contributed by atoms with Crippen LogP contribution in [-0.2, 0) is 11.2 Å².